The van der Waals surface area contributed by atoms with Gasteiger partial charge in [-0.05, 0) is 18.6 Å². The summed E-state index contributed by atoms with van der Waals surface area (Å²) in [7, 11) is -1.52. The molecule has 2 aromatic rings. The Bertz CT molecular complexity index is 778. The minimum absolute atomic E-state index is 0.00266. The number of ether oxygens (including phenoxy) is 1. The molecule has 3 rings (SSSR count). The van der Waals surface area contributed by atoms with E-state index in [0.29, 0.717) is 25.2 Å². The lowest BCUT2D eigenvalue weighted by Crippen LogP contribution is -2.42. The van der Waals surface area contributed by atoms with Gasteiger partial charge in [-0.25, -0.2) is 8.42 Å². The maximum Gasteiger partial charge on any atom is 0.289 e. The average molecular weight is 337 g/mol. The van der Waals surface area contributed by atoms with Crippen molar-refractivity contribution in [1.82, 2.24) is 4.90 Å². The number of carbonyl (C=O) groups excluding carboxylic acids is 1. The fraction of sp³-hybridized carbons (Fsp3) is 0.438. The monoisotopic (exact) mass is 337 g/mol. The first-order valence-electron chi connectivity index (χ1n) is 7.49. The number of fused-ring (bicyclic) bond motifs is 1. The number of hydrogen-bond acceptors (Lipinski definition) is 5. The summed E-state index contributed by atoms with van der Waals surface area (Å²) in [5, 5.41) is 0.849. The van der Waals surface area contributed by atoms with Crippen LogP contribution in [0.2, 0.25) is 0 Å². The summed E-state index contributed by atoms with van der Waals surface area (Å²) >= 11 is 0. The molecule has 0 bridgehead atoms. The zero-order valence-electron chi connectivity index (χ0n) is 12.9. The molecule has 0 aliphatic carbocycles. The molecule has 124 valence electrons. The summed E-state index contributed by atoms with van der Waals surface area (Å²) in [6, 6.07) is 8.75. The van der Waals surface area contributed by atoms with E-state index in [2.05, 4.69) is 0 Å². The number of hydrogen-bond donors (Lipinski definition) is 0. The van der Waals surface area contributed by atoms with Gasteiger partial charge in [-0.1, -0.05) is 18.2 Å². The molecular weight excluding hydrogens is 318 g/mol. The maximum absolute atomic E-state index is 12.8. The lowest BCUT2D eigenvalue weighted by Gasteiger charge is -2.27. The predicted molar refractivity (Wildman–Crippen MR) is 86.2 cm³/mol. The van der Waals surface area contributed by atoms with Crippen LogP contribution in [0.25, 0.3) is 11.0 Å². The average Bonchev–Trinajstić information content (AvgIpc) is 3.10. The van der Waals surface area contributed by atoms with Gasteiger partial charge in [0.2, 0.25) is 0 Å². The molecular formula is C16H19NO5S. The number of amides is 1. The Morgan fingerprint density at radius 1 is 1.39 bits per heavy atom. The number of furan rings is 1. The molecule has 7 heteroatoms. The molecule has 1 saturated heterocycles. The quantitative estimate of drug-likeness (QED) is 0.830. The van der Waals surface area contributed by atoms with E-state index in [1.54, 1.807) is 24.1 Å². The van der Waals surface area contributed by atoms with E-state index in [1.165, 1.54) is 0 Å². The number of methoxy groups -OCH3 is 1. The topological polar surface area (TPSA) is 76.8 Å². The van der Waals surface area contributed by atoms with Crippen LogP contribution in [0.1, 0.15) is 17.0 Å². The van der Waals surface area contributed by atoms with Crippen molar-refractivity contribution in [3.63, 3.8) is 0 Å². The van der Waals surface area contributed by atoms with Crippen LogP contribution in [-0.2, 0) is 14.6 Å². The highest BCUT2D eigenvalue weighted by Crippen LogP contribution is 2.24. The van der Waals surface area contributed by atoms with Crippen LogP contribution in [0.15, 0.2) is 34.7 Å². The first-order chi connectivity index (χ1) is 11.0. The summed E-state index contributed by atoms with van der Waals surface area (Å²) in [6.45, 7) is 0.690. The van der Waals surface area contributed by atoms with Gasteiger partial charge in [-0.3, -0.25) is 4.79 Å². The van der Waals surface area contributed by atoms with E-state index in [9.17, 15) is 13.2 Å². The minimum atomic E-state index is -3.07. The van der Waals surface area contributed by atoms with Crippen LogP contribution in [-0.4, -0.2) is 57.0 Å². The van der Waals surface area contributed by atoms with Crippen LogP contribution in [0.5, 0.6) is 0 Å². The fourth-order valence-electron chi connectivity index (χ4n) is 2.89. The van der Waals surface area contributed by atoms with E-state index in [0.717, 1.165) is 5.39 Å². The highest BCUT2D eigenvalue weighted by atomic mass is 32.2. The van der Waals surface area contributed by atoms with Crippen molar-refractivity contribution < 1.29 is 22.4 Å². The smallest absolute Gasteiger partial charge is 0.289 e. The number of para-hydroxylation sites is 1. The molecule has 0 spiro atoms. The summed E-state index contributed by atoms with van der Waals surface area (Å²) < 4.78 is 34.1. The Balaban J connectivity index is 1.87. The zero-order valence-corrected chi connectivity index (χ0v) is 13.7. The van der Waals surface area contributed by atoms with Crippen LogP contribution in [0.4, 0.5) is 0 Å². The Labute approximate surface area is 134 Å². The fourth-order valence-corrected chi connectivity index (χ4v) is 4.62. The maximum atomic E-state index is 12.8. The van der Waals surface area contributed by atoms with E-state index >= 15 is 0 Å². The summed E-state index contributed by atoms with van der Waals surface area (Å²) in [5.41, 5.74) is 0.640. The molecule has 1 unspecified atom stereocenters. The number of benzene rings is 1. The predicted octanol–water partition coefficient (Wildman–Crippen LogP) is 1.71. The first kappa shape index (κ1) is 16.0. The van der Waals surface area contributed by atoms with Crippen molar-refractivity contribution in [2.24, 2.45) is 0 Å². The van der Waals surface area contributed by atoms with Crippen molar-refractivity contribution in [3.05, 3.63) is 36.1 Å². The number of sulfone groups is 1. The lowest BCUT2D eigenvalue weighted by molar-refractivity contribution is 0.0595. The van der Waals surface area contributed by atoms with Crippen molar-refractivity contribution in [3.8, 4) is 0 Å². The molecule has 1 aliphatic rings. The molecule has 1 aliphatic heterocycles. The van der Waals surface area contributed by atoms with Gasteiger partial charge in [0.25, 0.3) is 5.91 Å². The highest BCUT2D eigenvalue weighted by molar-refractivity contribution is 7.91. The Morgan fingerprint density at radius 3 is 2.83 bits per heavy atom. The van der Waals surface area contributed by atoms with Gasteiger partial charge < -0.3 is 14.1 Å². The van der Waals surface area contributed by atoms with Crippen LogP contribution in [0.3, 0.4) is 0 Å². The molecule has 23 heavy (non-hydrogen) atoms. The molecule has 0 radical (unpaired) electrons. The van der Waals surface area contributed by atoms with Gasteiger partial charge in [0.1, 0.15) is 5.58 Å². The first-order valence-corrected chi connectivity index (χ1v) is 9.31. The minimum Gasteiger partial charge on any atom is -0.451 e. The molecule has 1 amide bonds. The number of carbonyl (C=O) groups is 1. The van der Waals surface area contributed by atoms with Crippen LogP contribution >= 0.6 is 0 Å². The van der Waals surface area contributed by atoms with Crippen LogP contribution < -0.4 is 0 Å². The molecule has 1 fully saturated rings. The van der Waals surface area contributed by atoms with Gasteiger partial charge in [-0.15, -0.1) is 0 Å². The Kier molecular flexibility index (Phi) is 4.41. The third kappa shape index (κ3) is 3.40. The standard InChI is InChI=1S/C16H19NO5S/c1-21-8-7-17(13-6-9-23(19,20)11-13)16(18)15-10-12-4-2-3-5-14(12)22-15/h2-5,10,13H,6-9,11H2,1H3. The van der Waals surface area contributed by atoms with E-state index in [4.69, 9.17) is 9.15 Å². The van der Waals surface area contributed by atoms with E-state index in [1.807, 2.05) is 18.2 Å². The highest BCUT2D eigenvalue weighted by Gasteiger charge is 2.35. The SMILES string of the molecule is COCCN(C(=O)c1cc2ccccc2o1)C1CCS(=O)(=O)C1. The molecule has 1 aromatic carbocycles. The molecule has 6 nitrogen and oxygen atoms in total. The van der Waals surface area contributed by atoms with Gasteiger partial charge in [0.15, 0.2) is 15.6 Å². The third-order valence-corrected chi connectivity index (χ3v) is 5.83. The van der Waals surface area contributed by atoms with Gasteiger partial charge >= 0.3 is 0 Å². The lowest BCUT2D eigenvalue weighted by atomic mass is 10.2. The van der Waals surface area contributed by atoms with Crippen molar-refractivity contribution >= 4 is 26.7 Å². The second kappa shape index (κ2) is 6.33. The van der Waals surface area contributed by atoms with E-state index < -0.39 is 9.84 Å². The second-order valence-corrected chi connectivity index (χ2v) is 7.93. The number of nitrogens with zero attached hydrogens (tertiary/aromatic N) is 1. The molecule has 2 heterocycles. The summed E-state index contributed by atoms with van der Waals surface area (Å²) in [6.07, 6.45) is 0.456. The van der Waals surface area contributed by atoms with Crippen molar-refractivity contribution in [1.29, 1.82) is 0 Å². The summed E-state index contributed by atoms with van der Waals surface area (Å²) in [5.74, 6) is 0.0593. The van der Waals surface area contributed by atoms with Crippen LogP contribution in [0, 0.1) is 0 Å². The van der Waals surface area contributed by atoms with E-state index in [-0.39, 0.29) is 29.2 Å². The second-order valence-electron chi connectivity index (χ2n) is 5.70. The van der Waals surface area contributed by atoms with Gasteiger partial charge in [0.05, 0.1) is 18.1 Å². The Morgan fingerprint density at radius 2 is 2.17 bits per heavy atom. The Hall–Kier alpha value is -1.86. The third-order valence-electron chi connectivity index (χ3n) is 4.08. The van der Waals surface area contributed by atoms with Gasteiger partial charge in [0, 0.05) is 25.1 Å². The molecule has 1 atom stereocenters. The normalized spacial score (nSPS) is 20.0. The molecule has 0 saturated carbocycles. The zero-order chi connectivity index (χ0) is 16.4. The summed E-state index contributed by atoms with van der Waals surface area (Å²) in [4.78, 5) is 14.4. The van der Waals surface area contributed by atoms with Crippen molar-refractivity contribution in [2.75, 3.05) is 31.8 Å². The van der Waals surface area contributed by atoms with Gasteiger partial charge in [-0.2, -0.15) is 0 Å². The molecule has 1 aromatic heterocycles. The number of rotatable bonds is 5. The largest absolute Gasteiger partial charge is 0.451 e. The molecule has 0 N–H and O–H groups in total. The van der Waals surface area contributed by atoms with Crippen molar-refractivity contribution in [2.45, 2.75) is 12.5 Å².